The van der Waals surface area contributed by atoms with Crippen LogP contribution in [0.3, 0.4) is 0 Å². The van der Waals surface area contributed by atoms with E-state index in [1.807, 2.05) is 24.3 Å². The third-order valence-corrected chi connectivity index (χ3v) is 5.35. The third kappa shape index (κ3) is 7.71. The molecule has 0 N–H and O–H groups in total. The Morgan fingerprint density at radius 3 is 2.03 bits per heavy atom. The molecule has 0 radical (unpaired) electrons. The van der Waals surface area contributed by atoms with Crippen LogP contribution in [0.5, 0.6) is 5.75 Å². The van der Waals surface area contributed by atoms with Crippen LogP contribution in [0, 0.1) is 0 Å². The van der Waals surface area contributed by atoms with Gasteiger partial charge in [-0.05, 0) is 49.2 Å². The lowest BCUT2D eigenvalue weighted by Gasteiger charge is -2.06. The highest BCUT2D eigenvalue weighted by Crippen LogP contribution is 2.24. The molecule has 0 aliphatic carbocycles. The SMILES string of the molecule is COCCCCCCCCCOc1ccc(-c2nc(-c3ccc(C(=O)OC)cc3)no2)cc1. The van der Waals surface area contributed by atoms with Gasteiger partial charge in [0.05, 0.1) is 19.3 Å². The number of benzene rings is 2. The van der Waals surface area contributed by atoms with Crippen molar-refractivity contribution in [1.29, 1.82) is 0 Å². The van der Waals surface area contributed by atoms with Crippen LogP contribution >= 0.6 is 0 Å². The van der Waals surface area contributed by atoms with Gasteiger partial charge in [-0.25, -0.2) is 4.79 Å². The number of carbonyl (C=O) groups excluding carboxylic acids is 1. The Kier molecular flexibility index (Phi) is 9.91. The summed E-state index contributed by atoms with van der Waals surface area (Å²) in [5.41, 5.74) is 2.05. The third-order valence-electron chi connectivity index (χ3n) is 5.35. The van der Waals surface area contributed by atoms with Crippen LogP contribution in [0.25, 0.3) is 22.8 Å². The largest absolute Gasteiger partial charge is 0.494 e. The fourth-order valence-corrected chi connectivity index (χ4v) is 3.45. The quantitative estimate of drug-likeness (QED) is 0.221. The molecule has 0 amide bonds. The lowest BCUT2D eigenvalue weighted by molar-refractivity contribution is 0.0600. The Labute approximate surface area is 195 Å². The van der Waals surface area contributed by atoms with Gasteiger partial charge in [-0.3, -0.25) is 0 Å². The summed E-state index contributed by atoms with van der Waals surface area (Å²) in [6.07, 6.45) is 8.46. The molecular weight excluding hydrogens is 420 g/mol. The van der Waals surface area contributed by atoms with Gasteiger partial charge in [-0.2, -0.15) is 4.98 Å². The second kappa shape index (κ2) is 13.4. The highest BCUT2D eigenvalue weighted by Gasteiger charge is 2.12. The van der Waals surface area contributed by atoms with E-state index in [-0.39, 0.29) is 5.97 Å². The molecule has 0 aliphatic rings. The summed E-state index contributed by atoms with van der Waals surface area (Å²) in [4.78, 5) is 16.0. The first-order valence-electron chi connectivity index (χ1n) is 11.5. The highest BCUT2D eigenvalue weighted by atomic mass is 16.5. The summed E-state index contributed by atoms with van der Waals surface area (Å²) >= 11 is 0. The topological polar surface area (TPSA) is 83.7 Å². The number of ether oxygens (including phenoxy) is 3. The predicted molar refractivity (Wildman–Crippen MR) is 126 cm³/mol. The summed E-state index contributed by atoms with van der Waals surface area (Å²) in [6.45, 7) is 1.59. The van der Waals surface area contributed by atoms with E-state index in [9.17, 15) is 4.79 Å². The minimum atomic E-state index is -0.383. The molecule has 3 rings (SSSR count). The number of hydrogen-bond acceptors (Lipinski definition) is 7. The molecule has 2 aromatic carbocycles. The molecule has 0 spiro atoms. The number of nitrogens with zero attached hydrogens (tertiary/aromatic N) is 2. The van der Waals surface area contributed by atoms with Crippen molar-refractivity contribution in [2.45, 2.75) is 44.9 Å². The predicted octanol–water partition coefficient (Wildman–Crippen LogP) is 5.95. The van der Waals surface area contributed by atoms with Crippen molar-refractivity contribution in [2.75, 3.05) is 27.4 Å². The first-order chi connectivity index (χ1) is 16.2. The monoisotopic (exact) mass is 452 g/mol. The Morgan fingerprint density at radius 1 is 0.788 bits per heavy atom. The Balaban J connectivity index is 1.41. The molecule has 0 saturated carbocycles. The van der Waals surface area contributed by atoms with E-state index in [2.05, 4.69) is 10.1 Å². The van der Waals surface area contributed by atoms with Crippen LogP contribution in [0.1, 0.15) is 55.3 Å². The van der Waals surface area contributed by atoms with Gasteiger partial charge in [0.2, 0.25) is 5.82 Å². The molecule has 0 saturated heterocycles. The summed E-state index contributed by atoms with van der Waals surface area (Å²) in [6, 6.07) is 14.5. The van der Waals surface area contributed by atoms with Crippen molar-refractivity contribution in [3.8, 4) is 28.6 Å². The molecule has 176 valence electrons. The molecule has 3 aromatic rings. The Bertz CT molecular complexity index is 967. The maximum absolute atomic E-state index is 11.6. The number of aromatic nitrogens is 2. The van der Waals surface area contributed by atoms with Crippen LogP contribution in [-0.2, 0) is 9.47 Å². The highest BCUT2D eigenvalue weighted by molar-refractivity contribution is 5.89. The van der Waals surface area contributed by atoms with E-state index < -0.39 is 0 Å². The molecule has 0 atom stereocenters. The first kappa shape index (κ1) is 24.5. The normalized spacial score (nSPS) is 10.8. The average Bonchev–Trinajstić information content (AvgIpc) is 3.35. The number of rotatable bonds is 14. The van der Waals surface area contributed by atoms with Crippen molar-refractivity contribution < 1.29 is 23.5 Å². The van der Waals surface area contributed by atoms with Crippen LogP contribution in [0.2, 0.25) is 0 Å². The number of methoxy groups -OCH3 is 2. The van der Waals surface area contributed by atoms with Crippen molar-refractivity contribution in [1.82, 2.24) is 10.1 Å². The fourth-order valence-electron chi connectivity index (χ4n) is 3.45. The lowest BCUT2D eigenvalue weighted by Crippen LogP contribution is -2.00. The van der Waals surface area contributed by atoms with Gasteiger partial charge in [0, 0.05) is 24.8 Å². The zero-order valence-electron chi connectivity index (χ0n) is 19.4. The van der Waals surface area contributed by atoms with Gasteiger partial charge in [0.25, 0.3) is 5.89 Å². The summed E-state index contributed by atoms with van der Waals surface area (Å²) in [5.74, 6) is 1.34. The first-order valence-corrected chi connectivity index (χ1v) is 11.5. The minimum Gasteiger partial charge on any atom is -0.494 e. The molecule has 0 unspecified atom stereocenters. The standard InChI is InChI=1S/C26H32N2O5/c1-30-18-8-6-4-3-5-7-9-19-32-23-16-14-21(15-17-23)25-27-24(28-33-25)20-10-12-22(13-11-20)26(29)31-2/h10-17H,3-9,18-19H2,1-2H3. The Morgan fingerprint density at radius 2 is 1.39 bits per heavy atom. The van der Waals surface area contributed by atoms with Gasteiger partial charge in [-0.15, -0.1) is 0 Å². The molecule has 0 fully saturated rings. The maximum Gasteiger partial charge on any atom is 0.337 e. The van der Waals surface area contributed by atoms with Gasteiger partial charge in [0.15, 0.2) is 0 Å². The van der Waals surface area contributed by atoms with E-state index in [1.54, 1.807) is 31.4 Å². The molecular formula is C26H32N2O5. The summed E-state index contributed by atoms with van der Waals surface area (Å²) < 4.78 is 21.0. The second-order valence-electron chi connectivity index (χ2n) is 7.83. The van der Waals surface area contributed by atoms with Gasteiger partial charge in [0.1, 0.15) is 5.75 Å². The molecule has 7 heteroatoms. The second-order valence-corrected chi connectivity index (χ2v) is 7.83. The number of unbranched alkanes of at least 4 members (excludes halogenated alkanes) is 6. The minimum absolute atomic E-state index is 0.383. The van der Waals surface area contributed by atoms with Crippen LogP contribution in [-0.4, -0.2) is 43.5 Å². The summed E-state index contributed by atoms with van der Waals surface area (Å²) in [7, 11) is 3.11. The fraction of sp³-hybridized carbons (Fsp3) is 0.423. The zero-order chi connectivity index (χ0) is 23.3. The van der Waals surface area contributed by atoms with E-state index >= 15 is 0 Å². The van der Waals surface area contributed by atoms with Crippen molar-refractivity contribution in [3.05, 3.63) is 54.1 Å². The number of esters is 1. The zero-order valence-corrected chi connectivity index (χ0v) is 19.4. The number of hydrogen-bond donors (Lipinski definition) is 0. The van der Waals surface area contributed by atoms with Crippen LogP contribution in [0.15, 0.2) is 53.1 Å². The molecule has 1 heterocycles. The number of carbonyl (C=O) groups is 1. The van der Waals surface area contributed by atoms with E-state index in [0.29, 0.717) is 17.3 Å². The van der Waals surface area contributed by atoms with Gasteiger partial charge in [-0.1, -0.05) is 49.4 Å². The Hall–Kier alpha value is -3.19. The van der Waals surface area contributed by atoms with E-state index in [0.717, 1.165) is 42.9 Å². The lowest BCUT2D eigenvalue weighted by atomic mass is 10.1. The molecule has 1 aromatic heterocycles. The van der Waals surface area contributed by atoms with Crippen LogP contribution < -0.4 is 4.74 Å². The molecule has 33 heavy (non-hydrogen) atoms. The van der Waals surface area contributed by atoms with Gasteiger partial charge < -0.3 is 18.7 Å². The van der Waals surface area contributed by atoms with E-state index in [4.69, 9.17) is 18.7 Å². The maximum atomic E-state index is 11.6. The molecule has 0 bridgehead atoms. The summed E-state index contributed by atoms with van der Waals surface area (Å²) in [5, 5.41) is 4.05. The van der Waals surface area contributed by atoms with Gasteiger partial charge >= 0.3 is 5.97 Å². The van der Waals surface area contributed by atoms with E-state index in [1.165, 1.54) is 39.2 Å². The van der Waals surface area contributed by atoms with Crippen molar-refractivity contribution in [2.24, 2.45) is 0 Å². The van der Waals surface area contributed by atoms with Crippen LogP contribution in [0.4, 0.5) is 0 Å². The van der Waals surface area contributed by atoms with Crippen molar-refractivity contribution >= 4 is 5.97 Å². The molecule has 0 aliphatic heterocycles. The average molecular weight is 453 g/mol. The molecule has 7 nitrogen and oxygen atoms in total. The van der Waals surface area contributed by atoms with Crippen molar-refractivity contribution in [3.63, 3.8) is 0 Å². The smallest absolute Gasteiger partial charge is 0.337 e.